The number of rotatable bonds is 7. The van der Waals surface area contributed by atoms with Crippen LogP contribution in [0.15, 0.2) is 42.5 Å². The maximum Gasteiger partial charge on any atom is 0.253 e. The van der Waals surface area contributed by atoms with Gasteiger partial charge in [-0.2, -0.15) is 0 Å². The third kappa shape index (κ3) is 5.57. The molecule has 6 heteroatoms. The monoisotopic (exact) mass is 421 g/mol. The first-order chi connectivity index (χ1) is 15.1. The van der Waals surface area contributed by atoms with Crippen LogP contribution in [-0.4, -0.2) is 32.0 Å². The second-order valence-corrected chi connectivity index (χ2v) is 8.43. The third-order valence-corrected chi connectivity index (χ3v) is 6.02. The van der Waals surface area contributed by atoms with E-state index in [2.05, 4.69) is 15.5 Å². The van der Waals surface area contributed by atoms with Crippen LogP contribution in [0.1, 0.15) is 54.4 Å². The van der Waals surface area contributed by atoms with Gasteiger partial charge in [0.2, 0.25) is 5.91 Å². The quantitative estimate of drug-likeness (QED) is 0.697. The fraction of sp³-hybridized carbons (Fsp3) is 0.440. The number of nitrogens with zero attached hydrogens (tertiary/aromatic N) is 1. The lowest BCUT2D eigenvalue weighted by Gasteiger charge is -2.26. The van der Waals surface area contributed by atoms with Gasteiger partial charge >= 0.3 is 0 Å². The fourth-order valence-corrected chi connectivity index (χ4v) is 3.99. The molecule has 2 amide bonds. The number of hydrogen-bond acceptors (Lipinski definition) is 4. The van der Waals surface area contributed by atoms with Gasteiger partial charge in [-0.3, -0.25) is 9.59 Å². The van der Waals surface area contributed by atoms with Gasteiger partial charge in [0.15, 0.2) is 0 Å². The first-order valence-electron chi connectivity index (χ1n) is 11.2. The highest BCUT2D eigenvalue weighted by molar-refractivity contribution is 6.02. The highest BCUT2D eigenvalue weighted by atomic mass is 16.5. The Labute approximate surface area is 184 Å². The zero-order chi connectivity index (χ0) is 21.6. The van der Waals surface area contributed by atoms with E-state index in [0.717, 1.165) is 61.5 Å². The highest BCUT2D eigenvalue weighted by Gasteiger charge is 2.30. The molecule has 1 aliphatic heterocycles. The topological polar surface area (TPSA) is 70.7 Å². The van der Waals surface area contributed by atoms with E-state index in [1.165, 1.54) is 12.8 Å². The molecule has 2 aliphatic rings. The van der Waals surface area contributed by atoms with E-state index >= 15 is 0 Å². The Morgan fingerprint density at radius 3 is 2.35 bits per heavy atom. The minimum absolute atomic E-state index is 0.0820. The molecule has 6 nitrogen and oxygen atoms in total. The van der Waals surface area contributed by atoms with Crippen molar-refractivity contribution >= 4 is 23.2 Å². The molecule has 0 bridgehead atoms. The van der Waals surface area contributed by atoms with E-state index in [1.54, 1.807) is 7.11 Å². The average Bonchev–Trinajstić information content (AvgIpc) is 3.65. The van der Waals surface area contributed by atoms with Crippen LogP contribution in [0, 0.1) is 5.92 Å². The number of benzene rings is 2. The molecule has 1 saturated heterocycles. The standard InChI is InChI=1S/C25H31N3O3/c1-31-21-11-6-18(7-12-21)17-26-25(30)22-13-10-20(27-24(29)19-8-9-19)16-23(22)28-14-4-2-3-5-15-28/h6-7,10-13,16,19H,2-5,8-9,14-15,17H2,1H3,(H,26,30)(H,27,29). The molecule has 0 atom stereocenters. The van der Waals surface area contributed by atoms with Crippen LogP contribution in [-0.2, 0) is 11.3 Å². The Bertz CT molecular complexity index is 914. The molecule has 4 rings (SSSR count). The van der Waals surface area contributed by atoms with Gasteiger partial charge in [0, 0.05) is 31.2 Å². The Morgan fingerprint density at radius 1 is 1.00 bits per heavy atom. The van der Waals surface area contributed by atoms with Crippen molar-refractivity contribution in [3.05, 3.63) is 53.6 Å². The zero-order valence-corrected chi connectivity index (χ0v) is 18.2. The van der Waals surface area contributed by atoms with Crippen molar-refractivity contribution in [2.24, 2.45) is 5.92 Å². The lowest BCUT2D eigenvalue weighted by Crippen LogP contribution is -2.29. The summed E-state index contributed by atoms with van der Waals surface area (Å²) in [4.78, 5) is 27.6. The number of anilines is 2. The van der Waals surface area contributed by atoms with Crippen LogP contribution in [0.4, 0.5) is 11.4 Å². The van der Waals surface area contributed by atoms with Gasteiger partial charge in [-0.25, -0.2) is 0 Å². The van der Waals surface area contributed by atoms with E-state index in [9.17, 15) is 9.59 Å². The molecule has 164 valence electrons. The number of ether oxygens (including phenoxy) is 1. The highest BCUT2D eigenvalue weighted by Crippen LogP contribution is 2.32. The van der Waals surface area contributed by atoms with Crippen LogP contribution in [0.3, 0.4) is 0 Å². The summed E-state index contributed by atoms with van der Waals surface area (Å²) in [7, 11) is 1.64. The molecule has 0 aromatic heterocycles. The summed E-state index contributed by atoms with van der Waals surface area (Å²) in [5.74, 6) is 0.921. The molecular weight excluding hydrogens is 390 g/mol. The number of carbonyl (C=O) groups excluding carboxylic acids is 2. The van der Waals surface area contributed by atoms with Gasteiger partial charge in [0.1, 0.15) is 5.75 Å². The van der Waals surface area contributed by atoms with E-state index in [-0.39, 0.29) is 17.7 Å². The SMILES string of the molecule is COc1ccc(CNC(=O)c2ccc(NC(=O)C3CC3)cc2N2CCCCCC2)cc1. The van der Waals surface area contributed by atoms with E-state index in [0.29, 0.717) is 12.1 Å². The molecule has 0 radical (unpaired) electrons. The minimum atomic E-state index is -0.102. The van der Waals surface area contributed by atoms with Crippen molar-refractivity contribution in [3.63, 3.8) is 0 Å². The van der Waals surface area contributed by atoms with Crippen LogP contribution < -0.4 is 20.3 Å². The largest absolute Gasteiger partial charge is 0.497 e. The maximum atomic E-state index is 13.1. The number of hydrogen-bond donors (Lipinski definition) is 2. The summed E-state index contributed by atoms with van der Waals surface area (Å²) in [6.45, 7) is 2.31. The Kier molecular flexibility index (Phi) is 6.75. The van der Waals surface area contributed by atoms with Crippen LogP contribution >= 0.6 is 0 Å². The van der Waals surface area contributed by atoms with Gasteiger partial charge in [0.05, 0.1) is 18.4 Å². The normalized spacial score (nSPS) is 16.4. The Morgan fingerprint density at radius 2 is 1.71 bits per heavy atom. The Balaban J connectivity index is 1.51. The van der Waals surface area contributed by atoms with Crippen molar-refractivity contribution in [2.75, 3.05) is 30.4 Å². The smallest absolute Gasteiger partial charge is 0.253 e. The molecule has 2 fully saturated rings. The Hall–Kier alpha value is -3.02. The number of amides is 2. The molecule has 0 unspecified atom stereocenters. The van der Waals surface area contributed by atoms with Gasteiger partial charge in [-0.05, 0) is 61.6 Å². The fourth-order valence-electron chi connectivity index (χ4n) is 3.99. The van der Waals surface area contributed by atoms with E-state index in [1.807, 2.05) is 42.5 Å². The number of nitrogens with one attached hydrogen (secondary N) is 2. The summed E-state index contributed by atoms with van der Waals surface area (Å²) >= 11 is 0. The van der Waals surface area contributed by atoms with Crippen molar-refractivity contribution in [1.29, 1.82) is 0 Å². The molecule has 2 N–H and O–H groups in total. The predicted octanol–water partition coefficient (Wildman–Crippen LogP) is 4.35. The van der Waals surface area contributed by atoms with Crippen LogP contribution in [0.25, 0.3) is 0 Å². The number of methoxy groups -OCH3 is 1. The third-order valence-electron chi connectivity index (χ3n) is 6.02. The predicted molar refractivity (Wildman–Crippen MR) is 123 cm³/mol. The van der Waals surface area contributed by atoms with E-state index in [4.69, 9.17) is 4.74 Å². The van der Waals surface area contributed by atoms with E-state index < -0.39 is 0 Å². The van der Waals surface area contributed by atoms with Crippen molar-refractivity contribution in [1.82, 2.24) is 5.32 Å². The first-order valence-corrected chi connectivity index (χ1v) is 11.2. The first kappa shape index (κ1) is 21.2. The van der Waals surface area contributed by atoms with Crippen molar-refractivity contribution in [3.8, 4) is 5.75 Å². The van der Waals surface area contributed by atoms with Gasteiger partial charge in [-0.1, -0.05) is 25.0 Å². The molecular formula is C25H31N3O3. The average molecular weight is 422 g/mol. The second-order valence-electron chi connectivity index (χ2n) is 8.43. The van der Waals surface area contributed by atoms with Gasteiger partial charge in [0.25, 0.3) is 5.91 Å². The lowest BCUT2D eigenvalue weighted by atomic mass is 10.1. The zero-order valence-electron chi connectivity index (χ0n) is 18.2. The summed E-state index contributed by atoms with van der Waals surface area (Å²) < 4.78 is 5.19. The summed E-state index contributed by atoms with van der Waals surface area (Å²) in [6, 6.07) is 13.3. The van der Waals surface area contributed by atoms with Crippen molar-refractivity contribution in [2.45, 2.75) is 45.1 Å². The maximum absolute atomic E-state index is 13.1. The summed E-state index contributed by atoms with van der Waals surface area (Å²) in [6.07, 6.45) is 6.60. The molecule has 0 spiro atoms. The molecule has 31 heavy (non-hydrogen) atoms. The van der Waals surface area contributed by atoms with Crippen LogP contribution in [0.2, 0.25) is 0 Å². The van der Waals surface area contributed by atoms with Gasteiger partial charge < -0.3 is 20.3 Å². The molecule has 2 aromatic carbocycles. The van der Waals surface area contributed by atoms with Crippen LogP contribution in [0.5, 0.6) is 5.75 Å². The number of carbonyl (C=O) groups is 2. The van der Waals surface area contributed by atoms with Crippen molar-refractivity contribution < 1.29 is 14.3 Å². The molecule has 2 aromatic rings. The lowest BCUT2D eigenvalue weighted by molar-refractivity contribution is -0.117. The minimum Gasteiger partial charge on any atom is -0.497 e. The second kappa shape index (κ2) is 9.86. The molecule has 1 saturated carbocycles. The molecule has 1 heterocycles. The summed E-state index contributed by atoms with van der Waals surface area (Å²) in [5.41, 5.74) is 3.34. The summed E-state index contributed by atoms with van der Waals surface area (Å²) in [5, 5.41) is 6.07. The molecule has 1 aliphatic carbocycles. The van der Waals surface area contributed by atoms with Gasteiger partial charge in [-0.15, -0.1) is 0 Å².